The van der Waals surface area contributed by atoms with Gasteiger partial charge in [0.25, 0.3) is 0 Å². The van der Waals surface area contributed by atoms with Gasteiger partial charge in [-0.2, -0.15) is 0 Å². The maximum atomic E-state index is 10.5. The first kappa shape index (κ1) is 10.7. The molecule has 0 saturated carbocycles. The molecule has 0 aliphatic rings. The highest BCUT2D eigenvalue weighted by Crippen LogP contribution is 1.96. The Bertz CT molecular complexity index is 222. The van der Waals surface area contributed by atoms with E-state index in [0.29, 0.717) is 5.57 Å². The number of carbonyl (C=O) groups is 1. The zero-order chi connectivity index (χ0) is 9.40. The van der Waals surface area contributed by atoms with Gasteiger partial charge in [-0.3, -0.25) is 0 Å². The molecule has 0 bridgehead atoms. The Hall–Kier alpha value is -1.31. The van der Waals surface area contributed by atoms with Crippen molar-refractivity contribution in [2.75, 3.05) is 0 Å². The van der Waals surface area contributed by atoms with Crippen LogP contribution in [0.3, 0.4) is 0 Å². The van der Waals surface area contributed by atoms with Crippen molar-refractivity contribution in [3.05, 3.63) is 36.0 Å². The van der Waals surface area contributed by atoms with E-state index in [1.54, 1.807) is 25.2 Å². The van der Waals surface area contributed by atoms with E-state index in [1.807, 2.05) is 19.1 Å². The molecule has 0 aromatic rings. The van der Waals surface area contributed by atoms with Gasteiger partial charge in [-0.25, -0.2) is 4.79 Å². The van der Waals surface area contributed by atoms with Crippen LogP contribution >= 0.6 is 0 Å². The number of allylic oxidation sites excluding steroid dienone is 4. The van der Waals surface area contributed by atoms with Gasteiger partial charge < -0.3 is 5.11 Å². The summed E-state index contributed by atoms with van der Waals surface area (Å²) < 4.78 is 0. The average molecular weight is 166 g/mol. The molecular formula is C10H14O2. The lowest BCUT2D eigenvalue weighted by Gasteiger charge is -1.89. The van der Waals surface area contributed by atoms with Crippen LogP contribution < -0.4 is 0 Å². The van der Waals surface area contributed by atoms with Crippen molar-refractivity contribution in [1.82, 2.24) is 0 Å². The number of carboxylic acids is 1. The van der Waals surface area contributed by atoms with Gasteiger partial charge in [0.15, 0.2) is 0 Å². The fourth-order valence-electron chi connectivity index (χ4n) is 0.665. The summed E-state index contributed by atoms with van der Waals surface area (Å²) >= 11 is 0. The van der Waals surface area contributed by atoms with Crippen LogP contribution in [0.4, 0.5) is 0 Å². The normalized spacial score (nSPS) is 13.0. The van der Waals surface area contributed by atoms with E-state index in [2.05, 4.69) is 0 Å². The van der Waals surface area contributed by atoms with Crippen LogP contribution in [0, 0.1) is 0 Å². The van der Waals surface area contributed by atoms with Crippen molar-refractivity contribution in [2.24, 2.45) is 0 Å². The van der Waals surface area contributed by atoms with Crippen LogP contribution in [0.5, 0.6) is 0 Å². The zero-order valence-electron chi connectivity index (χ0n) is 7.45. The number of hydrogen-bond donors (Lipinski definition) is 1. The maximum absolute atomic E-state index is 10.5. The summed E-state index contributed by atoms with van der Waals surface area (Å²) in [6.45, 7) is 3.73. The summed E-state index contributed by atoms with van der Waals surface area (Å²) in [6.07, 6.45) is 9.64. The summed E-state index contributed by atoms with van der Waals surface area (Å²) in [5.41, 5.74) is 0.316. The summed E-state index contributed by atoms with van der Waals surface area (Å²) in [5.74, 6) is -0.890. The highest BCUT2D eigenvalue weighted by Gasteiger charge is 1.98. The molecule has 1 N–H and O–H groups in total. The van der Waals surface area contributed by atoms with Crippen molar-refractivity contribution in [3.8, 4) is 0 Å². The Morgan fingerprint density at radius 1 is 1.42 bits per heavy atom. The minimum atomic E-state index is -0.890. The van der Waals surface area contributed by atoms with Gasteiger partial charge in [0.1, 0.15) is 0 Å². The second-order valence-corrected chi connectivity index (χ2v) is 2.24. The fraction of sp³-hybridized carbons (Fsp3) is 0.300. The van der Waals surface area contributed by atoms with Gasteiger partial charge in [0, 0.05) is 0 Å². The SMILES string of the molecule is C\C=C(/C=C\C=C\CC)C(=O)O. The molecule has 0 aliphatic heterocycles. The van der Waals surface area contributed by atoms with Crippen LogP contribution in [0.15, 0.2) is 36.0 Å². The van der Waals surface area contributed by atoms with Gasteiger partial charge in [-0.05, 0) is 19.4 Å². The molecule has 0 aromatic heterocycles. The summed E-state index contributed by atoms with van der Waals surface area (Å²) in [5, 5.41) is 8.59. The monoisotopic (exact) mass is 166 g/mol. The Balaban J connectivity index is 4.13. The predicted octanol–water partition coefficient (Wildman–Crippen LogP) is 2.54. The number of hydrogen-bond acceptors (Lipinski definition) is 1. The number of rotatable bonds is 4. The van der Waals surface area contributed by atoms with E-state index in [0.717, 1.165) is 6.42 Å². The van der Waals surface area contributed by atoms with E-state index in [-0.39, 0.29) is 0 Å². The first-order chi connectivity index (χ1) is 5.72. The Morgan fingerprint density at radius 2 is 2.08 bits per heavy atom. The van der Waals surface area contributed by atoms with Crippen LogP contribution in [0.1, 0.15) is 20.3 Å². The number of carboxylic acid groups (broad SMARTS) is 1. The van der Waals surface area contributed by atoms with E-state index < -0.39 is 5.97 Å². The fourth-order valence-corrected chi connectivity index (χ4v) is 0.665. The first-order valence-corrected chi connectivity index (χ1v) is 3.95. The highest BCUT2D eigenvalue weighted by molar-refractivity contribution is 5.89. The minimum absolute atomic E-state index is 0.316. The topological polar surface area (TPSA) is 37.3 Å². The molecule has 0 unspecified atom stereocenters. The third-order valence-corrected chi connectivity index (χ3v) is 1.32. The summed E-state index contributed by atoms with van der Waals surface area (Å²) in [4.78, 5) is 10.5. The van der Waals surface area contributed by atoms with Crippen LogP contribution in [-0.2, 0) is 4.79 Å². The van der Waals surface area contributed by atoms with Gasteiger partial charge in [-0.1, -0.05) is 31.2 Å². The maximum Gasteiger partial charge on any atom is 0.335 e. The molecule has 0 fully saturated rings. The zero-order valence-corrected chi connectivity index (χ0v) is 7.45. The third-order valence-electron chi connectivity index (χ3n) is 1.32. The quantitative estimate of drug-likeness (QED) is 0.514. The molecule has 0 aromatic carbocycles. The number of aliphatic carboxylic acids is 1. The molecule has 66 valence electrons. The van der Waals surface area contributed by atoms with Gasteiger partial charge >= 0.3 is 5.97 Å². The minimum Gasteiger partial charge on any atom is -0.478 e. The van der Waals surface area contributed by atoms with Crippen LogP contribution in [0.2, 0.25) is 0 Å². The smallest absolute Gasteiger partial charge is 0.335 e. The molecule has 2 nitrogen and oxygen atoms in total. The molecule has 0 spiro atoms. The molecule has 0 amide bonds. The lowest BCUT2D eigenvalue weighted by molar-refractivity contribution is -0.132. The molecule has 0 radical (unpaired) electrons. The highest BCUT2D eigenvalue weighted by atomic mass is 16.4. The molecule has 12 heavy (non-hydrogen) atoms. The molecular weight excluding hydrogens is 152 g/mol. The van der Waals surface area contributed by atoms with Crippen molar-refractivity contribution in [3.63, 3.8) is 0 Å². The molecule has 0 heterocycles. The second-order valence-electron chi connectivity index (χ2n) is 2.24. The van der Waals surface area contributed by atoms with Gasteiger partial charge in [0.2, 0.25) is 0 Å². The molecule has 0 atom stereocenters. The lowest BCUT2D eigenvalue weighted by atomic mass is 10.2. The second kappa shape index (κ2) is 6.40. The molecule has 0 rings (SSSR count). The summed E-state index contributed by atoms with van der Waals surface area (Å²) in [6, 6.07) is 0. The van der Waals surface area contributed by atoms with Crippen LogP contribution in [-0.4, -0.2) is 11.1 Å². The van der Waals surface area contributed by atoms with Crippen molar-refractivity contribution in [2.45, 2.75) is 20.3 Å². The Morgan fingerprint density at radius 3 is 2.50 bits per heavy atom. The lowest BCUT2D eigenvalue weighted by Crippen LogP contribution is -1.96. The Kier molecular flexibility index (Phi) is 5.70. The Labute approximate surface area is 72.9 Å². The van der Waals surface area contributed by atoms with Gasteiger partial charge in [-0.15, -0.1) is 0 Å². The standard InChI is InChI=1S/C10H14O2/c1-3-5-6-7-8-9(4-2)10(11)12/h4-8H,3H2,1-2H3,(H,11,12)/b6-5+,8-7-,9-4+. The molecule has 0 saturated heterocycles. The van der Waals surface area contributed by atoms with E-state index in [4.69, 9.17) is 5.11 Å². The largest absolute Gasteiger partial charge is 0.478 e. The predicted molar refractivity (Wildman–Crippen MR) is 50.0 cm³/mol. The average Bonchev–Trinajstić information content (AvgIpc) is 2.04. The molecule has 0 aliphatic carbocycles. The van der Waals surface area contributed by atoms with E-state index >= 15 is 0 Å². The van der Waals surface area contributed by atoms with E-state index in [1.165, 1.54) is 0 Å². The van der Waals surface area contributed by atoms with Crippen molar-refractivity contribution in [1.29, 1.82) is 0 Å². The van der Waals surface area contributed by atoms with Crippen molar-refractivity contribution < 1.29 is 9.90 Å². The summed E-state index contributed by atoms with van der Waals surface area (Å²) in [7, 11) is 0. The van der Waals surface area contributed by atoms with Crippen LogP contribution in [0.25, 0.3) is 0 Å². The van der Waals surface area contributed by atoms with Gasteiger partial charge in [0.05, 0.1) is 5.57 Å². The molecule has 2 heteroatoms. The first-order valence-electron chi connectivity index (χ1n) is 3.95. The third kappa shape index (κ3) is 4.50. The van der Waals surface area contributed by atoms with Crippen molar-refractivity contribution >= 4 is 5.97 Å². The van der Waals surface area contributed by atoms with E-state index in [9.17, 15) is 4.79 Å².